The van der Waals surface area contributed by atoms with Gasteiger partial charge in [-0.1, -0.05) is 12.1 Å². The number of rotatable bonds is 5. The van der Waals surface area contributed by atoms with Gasteiger partial charge in [-0.2, -0.15) is 0 Å². The first kappa shape index (κ1) is 19.2. The highest BCUT2D eigenvalue weighted by molar-refractivity contribution is 5.95. The first-order valence-electron chi connectivity index (χ1n) is 10.7. The minimum Gasteiger partial charge on any atom is -0.381 e. The zero-order valence-electron chi connectivity index (χ0n) is 16.9. The first-order chi connectivity index (χ1) is 14.7. The van der Waals surface area contributed by atoms with Gasteiger partial charge in [0, 0.05) is 38.3 Å². The molecule has 2 atom stereocenters. The number of carbonyl (C=O) groups excluding carboxylic acids is 2. The minimum atomic E-state index is -0.00857. The van der Waals surface area contributed by atoms with E-state index in [0.29, 0.717) is 31.0 Å². The second-order valence-electron chi connectivity index (χ2n) is 8.43. The van der Waals surface area contributed by atoms with Crippen LogP contribution in [-0.4, -0.2) is 80.2 Å². The van der Waals surface area contributed by atoms with Crippen molar-refractivity contribution in [2.75, 3.05) is 26.3 Å². The van der Waals surface area contributed by atoms with E-state index < -0.39 is 0 Å². The van der Waals surface area contributed by atoms with E-state index in [4.69, 9.17) is 4.74 Å². The monoisotopic (exact) mass is 410 g/mol. The SMILES string of the molecule is O=C1C[C@H]2[C@H](CCN2C(=O)c2ccc(Cn3cnnn3)cc2)N1CC1CCOCC1. The highest BCUT2D eigenvalue weighted by Gasteiger charge is 2.48. The van der Waals surface area contributed by atoms with Gasteiger partial charge in [0.25, 0.3) is 5.91 Å². The Hall–Kier alpha value is -2.81. The van der Waals surface area contributed by atoms with E-state index in [-0.39, 0.29) is 23.9 Å². The lowest BCUT2D eigenvalue weighted by Gasteiger charge is -2.30. The van der Waals surface area contributed by atoms with Gasteiger partial charge in [-0.05, 0) is 53.3 Å². The molecule has 0 unspecified atom stereocenters. The van der Waals surface area contributed by atoms with Crippen LogP contribution in [-0.2, 0) is 16.1 Å². The molecule has 2 aromatic rings. The molecule has 0 bridgehead atoms. The number of aromatic nitrogens is 4. The van der Waals surface area contributed by atoms with Gasteiger partial charge in [0.2, 0.25) is 5.91 Å². The number of likely N-dealkylation sites (tertiary alicyclic amines) is 2. The highest BCUT2D eigenvalue weighted by atomic mass is 16.5. The number of tetrazole rings is 1. The lowest BCUT2D eigenvalue weighted by molar-refractivity contribution is -0.130. The molecule has 0 radical (unpaired) electrons. The molecule has 1 aromatic carbocycles. The van der Waals surface area contributed by atoms with Gasteiger partial charge in [-0.25, -0.2) is 4.68 Å². The van der Waals surface area contributed by atoms with Gasteiger partial charge in [0.15, 0.2) is 0 Å². The van der Waals surface area contributed by atoms with Gasteiger partial charge >= 0.3 is 0 Å². The van der Waals surface area contributed by atoms with Gasteiger partial charge in [-0.3, -0.25) is 9.59 Å². The zero-order valence-corrected chi connectivity index (χ0v) is 16.9. The standard InChI is InChI=1S/C21H26N6O3/c28-20-11-19-18(27(20)13-16-6-9-30-10-7-16)5-8-26(19)21(29)17-3-1-15(2-4-17)12-25-14-22-23-24-25/h1-4,14,16,18-19H,5-13H2/t18-,19-/m0/s1. The summed E-state index contributed by atoms with van der Waals surface area (Å²) in [6.07, 6.45) is 4.90. The highest BCUT2D eigenvalue weighted by Crippen LogP contribution is 2.35. The Bertz CT molecular complexity index is 894. The van der Waals surface area contributed by atoms with E-state index in [2.05, 4.69) is 15.5 Å². The molecule has 0 spiro atoms. The molecule has 9 heteroatoms. The Balaban J connectivity index is 1.24. The summed E-state index contributed by atoms with van der Waals surface area (Å²) in [6.45, 7) is 3.64. The van der Waals surface area contributed by atoms with E-state index in [1.54, 1.807) is 11.0 Å². The molecule has 0 N–H and O–H groups in total. The van der Waals surface area contributed by atoms with Crippen LogP contribution >= 0.6 is 0 Å². The summed E-state index contributed by atoms with van der Waals surface area (Å²) in [5.74, 6) is 0.710. The number of hydrogen-bond acceptors (Lipinski definition) is 6. The fourth-order valence-corrected chi connectivity index (χ4v) is 4.98. The van der Waals surface area contributed by atoms with E-state index >= 15 is 0 Å². The Morgan fingerprint density at radius 2 is 1.90 bits per heavy atom. The molecule has 0 aliphatic carbocycles. The Morgan fingerprint density at radius 3 is 2.63 bits per heavy atom. The summed E-state index contributed by atoms with van der Waals surface area (Å²) in [5.41, 5.74) is 1.68. The number of hydrogen-bond donors (Lipinski definition) is 0. The normalized spacial score (nSPS) is 24.5. The second kappa shape index (κ2) is 8.14. The molecule has 3 fully saturated rings. The molecule has 9 nitrogen and oxygen atoms in total. The van der Waals surface area contributed by atoms with Crippen molar-refractivity contribution in [3.8, 4) is 0 Å². The predicted molar refractivity (Wildman–Crippen MR) is 106 cm³/mol. The maximum Gasteiger partial charge on any atom is 0.254 e. The number of carbonyl (C=O) groups is 2. The molecule has 4 heterocycles. The fourth-order valence-electron chi connectivity index (χ4n) is 4.98. The van der Waals surface area contributed by atoms with Crippen LogP contribution in [0.2, 0.25) is 0 Å². The van der Waals surface area contributed by atoms with Crippen molar-refractivity contribution in [2.45, 2.75) is 44.3 Å². The average Bonchev–Trinajstić information content (AvgIpc) is 3.48. The number of amides is 2. The molecule has 3 aliphatic rings. The summed E-state index contributed by atoms with van der Waals surface area (Å²) in [5, 5.41) is 11.1. The summed E-state index contributed by atoms with van der Waals surface area (Å²) < 4.78 is 7.08. The average molecular weight is 410 g/mol. The molecule has 158 valence electrons. The summed E-state index contributed by atoms with van der Waals surface area (Å²) in [4.78, 5) is 29.8. The third-order valence-electron chi connectivity index (χ3n) is 6.61. The van der Waals surface area contributed by atoms with E-state index in [1.165, 1.54) is 0 Å². The van der Waals surface area contributed by atoms with Gasteiger partial charge < -0.3 is 14.5 Å². The van der Waals surface area contributed by atoms with Gasteiger partial charge in [0.1, 0.15) is 6.33 Å². The van der Waals surface area contributed by atoms with E-state index in [1.807, 2.05) is 34.1 Å². The maximum atomic E-state index is 13.2. The van der Waals surface area contributed by atoms with E-state index in [9.17, 15) is 9.59 Å². The van der Waals surface area contributed by atoms with E-state index in [0.717, 1.165) is 44.6 Å². The van der Waals surface area contributed by atoms with Crippen LogP contribution in [0.4, 0.5) is 0 Å². The summed E-state index contributed by atoms with van der Waals surface area (Å²) in [7, 11) is 0. The molecule has 3 aliphatic heterocycles. The second-order valence-corrected chi connectivity index (χ2v) is 8.43. The first-order valence-corrected chi connectivity index (χ1v) is 10.7. The van der Waals surface area contributed by atoms with Gasteiger partial charge in [0.05, 0.1) is 18.6 Å². The van der Waals surface area contributed by atoms with Crippen molar-refractivity contribution < 1.29 is 14.3 Å². The largest absolute Gasteiger partial charge is 0.381 e. The molecule has 3 saturated heterocycles. The van der Waals surface area contributed by atoms with Crippen molar-refractivity contribution in [2.24, 2.45) is 5.92 Å². The van der Waals surface area contributed by atoms with Crippen LogP contribution in [0, 0.1) is 5.92 Å². The summed E-state index contributed by atoms with van der Waals surface area (Å²) >= 11 is 0. The molecule has 2 amide bonds. The Morgan fingerprint density at radius 1 is 1.10 bits per heavy atom. The van der Waals surface area contributed by atoms with Crippen LogP contribution in [0.5, 0.6) is 0 Å². The van der Waals surface area contributed by atoms with Crippen LogP contribution in [0.3, 0.4) is 0 Å². The maximum absolute atomic E-state index is 13.2. The lowest BCUT2D eigenvalue weighted by atomic mass is 9.99. The molecule has 30 heavy (non-hydrogen) atoms. The lowest BCUT2D eigenvalue weighted by Crippen LogP contribution is -2.42. The zero-order chi connectivity index (χ0) is 20.5. The van der Waals surface area contributed by atoms with Crippen LogP contribution in [0.15, 0.2) is 30.6 Å². The number of nitrogens with zero attached hydrogens (tertiary/aromatic N) is 6. The van der Waals surface area contributed by atoms with Crippen molar-refractivity contribution in [3.63, 3.8) is 0 Å². The van der Waals surface area contributed by atoms with Gasteiger partial charge in [-0.15, -0.1) is 5.10 Å². The third kappa shape index (κ3) is 3.69. The fraction of sp³-hybridized carbons (Fsp3) is 0.571. The molecular weight excluding hydrogens is 384 g/mol. The molecular formula is C21H26N6O3. The Labute approximate surface area is 175 Å². The molecule has 1 aromatic heterocycles. The number of benzene rings is 1. The van der Waals surface area contributed by atoms with Crippen molar-refractivity contribution in [1.29, 1.82) is 0 Å². The Kier molecular flexibility index (Phi) is 5.20. The van der Waals surface area contributed by atoms with Crippen molar-refractivity contribution in [1.82, 2.24) is 30.0 Å². The number of ether oxygens (including phenoxy) is 1. The number of fused-ring (bicyclic) bond motifs is 1. The molecule has 0 saturated carbocycles. The van der Waals surface area contributed by atoms with Crippen LogP contribution < -0.4 is 0 Å². The third-order valence-corrected chi connectivity index (χ3v) is 6.61. The van der Waals surface area contributed by atoms with Crippen LogP contribution in [0.25, 0.3) is 0 Å². The van der Waals surface area contributed by atoms with Crippen LogP contribution in [0.1, 0.15) is 41.6 Å². The smallest absolute Gasteiger partial charge is 0.254 e. The minimum absolute atomic E-state index is 0.00857. The molecule has 5 rings (SSSR count). The van der Waals surface area contributed by atoms with Crippen molar-refractivity contribution in [3.05, 3.63) is 41.7 Å². The topological polar surface area (TPSA) is 93.5 Å². The summed E-state index contributed by atoms with van der Waals surface area (Å²) in [6, 6.07) is 7.71. The van der Waals surface area contributed by atoms with Crippen molar-refractivity contribution >= 4 is 11.8 Å². The predicted octanol–water partition coefficient (Wildman–Crippen LogP) is 0.963. The quantitative estimate of drug-likeness (QED) is 0.729.